The molecule has 0 N–H and O–H groups in total. The molecule has 0 bridgehead atoms. The SMILES string of the molecule is CCCCCCCCCCCC1C=C(F)CN1S(=O)(=O)c1ccc(C)cc1. The molecule has 0 saturated heterocycles. The molecule has 3 nitrogen and oxygen atoms in total. The summed E-state index contributed by atoms with van der Waals surface area (Å²) >= 11 is 0. The van der Waals surface area contributed by atoms with E-state index in [0.717, 1.165) is 18.4 Å². The summed E-state index contributed by atoms with van der Waals surface area (Å²) < 4.78 is 41.0. The van der Waals surface area contributed by atoms with Gasteiger partial charge in [-0.05, 0) is 31.6 Å². The van der Waals surface area contributed by atoms with Crippen molar-refractivity contribution in [1.82, 2.24) is 4.31 Å². The highest BCUT2D eigenvalue weighted by atomic mass is 32.2. The Morgan fingerprint density at radius 1 is 0.963 bits per heavy atom. The van der Waals surface area contributed by atoms with Crippen LogP contribution < -0.4 is 0 Å². The number of aryl methyl sites for hydroxylation is 1. The summed E-state index contributed by atoms with van der Waals surface area (Å²) in [4.78, 5) is 0.244. The topological polar surface area (TPSA) is 37.4 Å². The predicted molar refractivity (Wildman–Crippen MR) is 110 cm³/mol. The molecular formula is C22H34FNO2S. The summed E-state index contributed by atoms with van der Waals surface area (Å²) in [5.74, 6) is -0.341. The standard InChI is InChI=1S/C22H34FNO2S/c1-3-4-5-6-7-8-9-10-11-12-21-17-20(23)18-24(21)27(25,26)22-15-13-19(2)14-16-22/h13-17,21H,3-12,18H2,1-2H3. The van der Waals surface area contributed by atoms with E-state index >= 15 is 0 Å². The summed E-state index contributed by atoms with van der Waals surface area (Å²) in [7, 11) is -3.66. The van der Waals surface area contributed by atoms with Crippen LogP contribution in [0, 0.1) is 6.92 Å². The molecule has 0 fully saturated rings. The van der Waals surface area contributed by atoms with E-state index in [1.165, 1.54) is 55.3 Å². The fourth-order valence-corrected chi connectivity index (χ4v) is 5.18. The molecular weight excluding hydrogens is 361 g/mol. The van der Waals surface area contributed by atoms with Gasteiger partial charge in [0.1, 0.15) is 5.83 Å². The molecule has 2 rings (SSSR count). The third-order valence-corrected chi connectivity index (χ3v) is 7.17. The third kappa shape index (κ3) is 6.72. The molecule has 0 aromatic heterocycles. The maximum atomic E-state index is 13.9. The van der Waals surface area contributed by atoms with Gasteiger partial charge in [0.2, 0.25) is 10.0 Å². The van der Waals surface area contributed by atoms with Crippen molar-refractivity contribution < 1.29 is 12.8 Å². The van der Waals surface area contributed by atoms with Crippen molar-refractivity contribution in [2.45, 2.75) is 89.0 Å². The minimum absolute atomic E-state index is 0.141. The lowest BCUT2D eigenvalue weighted by atomic mass is 10.0. The van der Waals surface area contributed by atoms with Crippen LogP contribution in [0.15, 0.2) is 41.1 Å². The number of halogens is 1. The van der Waals surface area contributed by atoms with E-state index < -0.39 is 10.0 Å². The Kier molecular flexibility index (Phi) is 8.97. The summed E-state index contributed by atoms with van der Waals surface area (Å²) in [6.07, 6.45) is 13.1. The Balaban J connectivity index is 1.80. The van der Waals surface area contributed by atoms with Gasteiger partial charge >= 0.3 is 0 Å². The molecule has 0 radical (unpaired) electrons. The number of hydrogen-bond acceptors (Lipinski definition) is 2. The normalized spacial score (nSPS) is 18.0. The van der Waals surface area contributed by atoms with Gasteiger partial charge in [-0.2, -0.15) is 4.31 Å². The van der Waals surface area contributed by atoms with Crippen LogP contribution in [0.1, 0.15) is 76.7 Å². The van der Waals surface area contributed by atoms with E-state index in [4.69, 9.17) is 0 Å². The van der Waals surface area contributed by atoms with Crippen LogP contribution in [0.3, 0.4) is 0 Å². The van der Waals surface area contributed by atoms with Crippen molar-refractivity contribution in [3.05, 3.63) is 41.7 Å². The summed E-state index contributed by atoms with van der Waals surface area (Å²) in [5.41, 5.74) is 1.01. The first kappa shape index (κ1) is 22.1. The van der Waals surface area contributed by atoms with Crippen molar-refractivity contribution >= 4 is 10.0 Å². The number of benzene rings is 1. The van der Waals surface area contributed by atoms with Crippen molar-refractivity contribution in [2.75, 3.05) is 6.54 Å². The van der Waals surface area contributed by atoms with E-state index in [1.807, 2.05) is 6.92 Å². The first-order valence-electron chi connectivity index (χ1n) is 10.4. The molecule has 1 aliphatic rings. The first-order chi connectivity index (χ1) is 12.9. The molecule has 1 atom stereocenters. The summed E-state index contributed by atoms with van der Waals surface area (Å²) in [5, 5.41) is 0. The zero-order chi connectivity index (χ0) is 19.7. The Bertz CT molecular complexity index is 698. The minimum atomic E-state index is -3.66. The zero-order valence-electron chi connectivity index (χ0n) is 16.8. The Morgan fingerprint density at radius 3 is 2.11 bits per heavy atom. The number of hydrogen-bond donors (Lipinski definition) is 0. The number of rotatable bonds is 12. The smallest absolute Gasteiger partial charge is 0.211 e. The molecule has 1 aromatic carbocycles. The molecule has 5 heteroatoms. The second-order valence-electron chi connectivity index (χ2n) is 7.66. The molecule has 1 unspecified atom stereocenters. The third-order valence-electron chi connectivity index (χ3n) is 5.28. The summed E-state index contributed by atoms with van der Waals surface area (Å²) in [6.45, 7) is 4.00. The average molecular weight is 396 g/mol. The number of sulfonamides is 1. The molecule has 0 aliphatic carbocycles. The highest BCUT2D eigenvalue weighted by Crippen LogP contribution is 2.29. The van der Waals surface area contributed by atoms with Crippen LogP contribution >= 0.6 is 0 Å². The molecule has 0 amide bonds. The van der Waals surface area contributed by atoms with Crippen LogP contribution in [-0.4, -0.2) is 25.3 Å². The largest absolute Gasteiger partial charge is 0.243 e. The van der Waals surface area contributed by atoms with Gasteiger partial charge in [0, 0.05) is 6.04 Å². The fraction of sp³-hybridized carbons (Fsp3) is 0.636. The molecule has 1 aromatic rings. The van der Waals surface area contributed by atoms with Gasteiger partial charge in [0.05, 0.1) is 11.4 Å². The van der Waals surface area contributed by atoms with Gasteiger partial charge < -0.3 is 0 Å². The highest BCUT2D eigenvalue weighted by Gasteiger charge is 2.35. The Morgan fingerprint density at radius 2 is 1.52 bits per heavy atom. The van der Waals surface area contributed by atoms with Crippen LogP contribution in [-0.2, 0) is 10.0 Å². The Hall–Kier alpha value is -1.20. The lowest BCUT2D eigenvalue weighted by Gasteiger charge is -2.23. The monoisotopic (exact) mass is 395 g/mol. The maximum Gasteiger partial charge on any atom is 0.243 e. The molecule has 0 spiro atoms. The quantitative estimate of drug-likeness (QED) is 0.399. The Labute approximate surface area is 164 Å². The molecule has 27 heavy (non-hydrogen) atoms. The summed E-state index contributed by atoms with van der Waals surface area (Å²) in [6, 6.07) is 6.41. The fourth-order valence-electron chi connectivity index (χ4n) is 3.61. The second-order valence-corrected chi connectivity index (χ2v) is 9.55. The number of unbranched alkanes of at least 4 members (excludes halogenated alkanes) is 8. The van der Waals surface area contributed by atoms with Crippen LogP contribution in [0.25, 0.3) is 0 Å². The first-order valence-corrected chi connectivity index (χ1v) is 11.8. The lowest BCUT2D eigenvalue weighted by Crippen LogP contribution is -2.36. The van der Waals surface area contributed by atoms with Gasteiger partial charge in [0.25, 0.3) is 0 Å². The number of nitrogens with zero attached hydrogens (tertiary/aromatic N) is 1. The minimum Gasteiger partial charge on any atom is -0.211 e. The molecule has 1 heterocycles. The zero-order valence-corrected chi connectivity index (χ0v) is 17.6. The predicted octanol–water partition coefficient (Wildman–Crippen LogP) is 6.14. The highest BCUT2D eigenvalue weighted by molar-refractivity contribution is 7.89. The lowest BCUT2D eigenvalue weighted by molar-refractivity contribution is 0.372. The van der Waals surface area contributed by atoms with E-state index in [9.17, 15) is 12.8 Å². The molecule has 0 saturated carbocycles. The average Bonchev–Trinajstić information content (AvgIpc) is 3.02. The van der Waals surface area contributed by atoms with E-state index in [0.29, 0.717) is 6.42 Å². The van der Waals surface area contributed by atoms with Crippen LogP contribution in [0.5, 0.6) is 0 Å². The van der Waals surface area contributed by atoms with Gasteiger partial charge in [-0.25, -0.2) is 12.8 Å². The van der Waals surface area contributed by atoms with Crippen molar-refractivity contribution in [3.8, 4) is 0 Å². The van der Waals surface area contributed by atoms with Crippen LogP contribution in [0.2, 0.25) is 0 Å². The molecule has 1 aliphatic heterocycles. The van der Waals surface area contributed by atoms with Crippen molar-refractivity contribution in [1.29, 1.82) is 0 Å². The van der Waals surface area contributed by atoms with Crippen molar-refractivity contribution in [3.63, 3.8) is 0 Å². The molecule has 152 valence electrons. The van der Waals surface area contributed by atoms with Gasteiger partial charge in [-0.15, -0.1) is 0 Å². The van der Waals surface area contributed by atoms with Crippen molar-refractivity contribution in [2.24, 2.45) is 0 Å². The van der Waals surface area contributed by atoms with E-state index in [2.05, 4.69) is 6.92 Å². The maximum absolute atomic E-state index is 13.9. The van der Waals surface area contributed by atoms with Gasteiger partial charge in [-0.1, -0.05) is 82.4 Å². The van der Waals surface area contributed by atoms with E-state index in [-0.39, 0.29) is 23.3 Å². The van der Waals surface area contributed by atoms with E-state index in [1.54, 1.807) is 24.3 Å². The van der Waals surface area contributed by atoms with Gasteiger partial charge in [-0.3, -0.25) is 0 Å². The second kappa shape index (κ2) is 11.0. The van der Waals surface area contributed by atoms with Gasteiger partial charge in [0.15, 0.2) is 0 Å². The van der Waals surface area contributed by atoms with Crippen LogP contribution in [0.4, 0.5) is 4.39 Å².